The largest absolute Gasteiger partial charge is 0.493 e. The van der Waals surface area contributed by atoms with Crippen LogP contribution >= 0.6 is 11.3 Å². The van der Waals surface area contributed by atoms with E-state index in [-0.39, 0.29) is 24.6 Å². The number of amides is 1. The fourth-order valence-corrected chi connectivity index (χ4v) is 4.48. The summed E-state index contributed by atoms with van der Waals surface area (Å²) in [4.78, 5) is 14.3. The van der Waals surface area contributed by atoms with Crippen molar-refractivity contribution in [2.45, 2.75) is 12.5 Å². The molecule has 1 aromatic carbocycles. The molecule has 0 unspecified atom stereocenters. The van der Waals surface area contributed by atoms with Crippen molar-refractivity contribution in [1.29, 1.82) is 0 Å². The SMILES string of the molecule is COc1ccc([C@@H]2CC(c3cccs3)=NN2C(=O)COc2nnc3ccccn23)cc1OC. The molecule has 0 spiro atoms. The number of rotatable bonds is 7. The summed E-state index contributed by atoms with van der Waals surface area (Å²) >= 11 is 1.59. The van der Waals surface area contributed by atoms with Crippen molar-refractivity contribution in [2.75, 3.05) is 20.8 Å². The molecule has 3 aromatic heterocycles. The molecule has 4 aromatic rings. The fraction of sp³-hybridized carbons (Fsp3) is 0.217. The summed E-state index contributed by atoms with van der Waals surface area (Å²) in [6.07, 6.45) is 2.36. The lowest BCUT2D eigenvalue weighted by Crippen LogP contribution is -2.31. The molecule has 5 rings (SSSR count). The van der Waals surface area contributed by atoms with Gasteiger partial charge in [0.15, 0.2) is 23.8 Å². The van der Waals surface area contributed by atoms with Crippen molar-refractivity contribution < 1.29 is 19.0 Å². The van der Waals surface area contributed by atoms with E-state index >= 15 is 0 Å². The summed E-state index contributed by atoms with van der Waals surface area (Å²) in [6.45, 7) is -0.222. The number of benzene rings is 1. The van der Waals surface area contributed by atoms with E-state index in [1.54, 1.807) is 36.2 Å². The predicted octanol–water partition coefficient (Wildman–Crippen LogP) is 3.56. The van der Waals surface area contributed by atoms with Gasteiger partial charge in [-0.25, -0.2) is 5.01 Å². The number of pyridine rings is 1. The molecule has 168 valence electrons. The monoisotopic (exact) mass is 463 g/mol. The predicted molar refractivity (Wildman–Crippen MR) is 123 cm³/mol. The second-order valence-corrected chi connectivity index (χ2v) is 8.24. The Labute approximate surface area is 193 Å². The Bertz CT molecular complexity index is 1320. The standard InChI is InChI=1S/C23H21N5O4S/c1-30-18-9-8-15(12-19(18)31-2)17-13-16(20-6-5-11-33-20)26-28(17)22(29)14-32-23-25-24-21-7-3-4-10-27(21)23/h3-12,17H,13-14H2,1-2H3/t17-/m0/s1. The van der Waals surface area contributed by atoms with Crippen LogP contribution in [0.15, 0.2) is 65.2 Å². The second-order valence-electron chi connectivity index (χ2n) is 7.30. The average Bonchev–Trinajstić information content (AvgIpc) is 3.61. The Morgan fingerprint density at radius 3 is 2.76 bits per heavy atom. The molecular weight excluding hydrogens is 442 g/mol. The van der Waals surface area contributed by atoms with Crippen LogP contribution in [0.3, 0.4) is 0 Å². The first kappa shape index (κ1) is 21.0. The first-order chi connectivity index (χ1) is 16.2. The van der Waals surface area contributed by atoms with Crippen molar-refractivity contribution in [3.05, 3.63) is 70.5 Å². The van der Waals surface area contributed by atoms with Gasteiger partial charge in [0.25, 0.3) is 5.91 Å². The molecule has 1 aliphatic rings. The first-order valence-electron chi connectivity index (χ1n) is 10.3. The third-order valence-electron chi connectivity index (χ3n) is 5.37. The van der Waals surface area contributed by atoms with E-state index in [2.05, 4.69) is 15.3 Å². The highest BCUT2D eigenvalue weighted by Gasteiger charge is 2.34. The molecule has 1 amide bonds. The van der Waals surface area contributed by atoms with Crippen molar-refractivity contribution in [3.8, 4) is 17.5 Å². The van der Waals surface area contributed by atoms with Crippen molar-refractivity contribution in [2.24, 2.45) is 5.10 Å². The number of methoxy groups -OCH3 is 2. The minimum absolute atomic E-state index is 0.222. The van der Waals surface area contributed by atoms with E-state index in [0.717, 1.165) is 16.2 Å². The van der Waals surface area contributed by atoms with Gasteiger partial charge in [0.05, 0.1) is 30.9 Å². The topological polar surface area (TPSA) is 90.5 Å². The summed E-state index contributed by atoms with van der Waals surface area (Å²) in [5.74, 6) is 0.936. The van der Waals surface area contributed by atoms with Crippen molar-refractivity contribution in [1.82, 2.24) is 19.6 Å². The van der Waals surface area contributed by atoms with Crippen LogP contribution in [0.25, 0.3) is 5.65 Å². The molecular formula is C23H21N5O4S. The lowest BCUT2D eigenvalue weighted by Gasteiger charge is -2.22. The van der Waals surface area contributed by atoms with Gasteiger partial charge >= 0.3 is 6.01 Å². The zero-order valence-corrected chi connectivity index (χ0v) is 18.9. The first-order valence-corrected chi connectivity index (χ1v) is 11.1. The average molecular weight is 464 g/mol. The second kappa shape index (κ2) is 8.91. The summed E-state index contributed by atoms with van der Waals surface area (Å²) in [5, 5.41) is 16.2. The Morgan fingerprint density at radius 2 is 1.97 bits per heavy atom. The lowest BCUT2D eigenvalue weighted by molar-refractivity contribution is -0.135. The smallest absolute Gasteiger partial charge is 0.322 e. The fourth-order valence-electron chi connectivity index (χ4n) is 3.76. The van der Waals surface area contributed by atoms with E-state index < -0.39 is 0 Å². The van der Waals surface area contributed by atoms with Crippen LogP contribution in [0.2, 0.25) is 0 Å². The molecule has 0 N–H and O–H groups in total. The third kappa shape index (κ3) is 4.00. The van der Waals surface area contributed by atoms with Gasteiger partial charge in [0.2, 0.25) is 0 Å². The Hall–Kier alpha value is -3.92. The molecule has 0 fully saturated rings. The molecule has 0 aliphatic carbocycles. The van der Waals surface area contributed by atoms with Crippen LogP contribution in [0.4, 0.5) is 0 Å². The number of carbonyl (C=O) groups is 1. The van der Waals surface area contributed by atoms with E-state index in [4.69, 9.17) is 14.2 Å². The van der Waals surface area contributed by atoms with Crippen LogP contribution in [0.5, 0.6) is 17.5 Å². The van der Waals surface area contributed by atoms with Crippen LogP contribution in [-0.2, 0) is 4.79 Å². The Kier molecular flexibility index (Phi) is 5.66. The van der Waals surface area contributed by atoms with Gasteiger partial charge in [0, 0.05) is 12.6 Å². The number of nitrogens with zero attached hydrogens (tertiary/aromatic N) is 5. The van der Waals surface area contributed by atoms with E-state index in [0.29, 0.717) is 23.6 Å². The highest BCUT2D eigenvalue weighted by atomic mass is 32.1. The highest BCUT2D eigenvalue weighted by molar-refractivity contribution is 7.12. The number of aromatic nitrogens is 3. The van der Waals surface area contributed by atoms with Gasteiger partial charge < -0.3 is 14.2 Å². The zero-order valence-electron chi connectivity index (χ0n) is 18.0. The highest BCUT2D eigenvalue weighted by Crippen LogP contribution is 2.37. The van der Waals surface area contributed by atoms with Gasteiger partial charge in [-0.2, -0.15) is 5.10 Å². The molecule has 1 aliphatic heterocycles. The third-order valence-corrected chi connectivity index (χ3v) is 6.29. The molecule has 10 heteroatoms. The van der Waals surface area contributed by atoms with E-state index in [1.807, 2.05) is 53.9 Å². The summed E-state index contributed by atoms with van der Waals surface area (Å²) in [6, 6.07) is 15.1. The molecule has 33 heavy (non-hydrogen) atoms. The number of ether oxygens (including phenoxy) is 3. The molecule has 0 radical (unpaired) electrons. The Morgan fingerprint density at radius 1 is 1.09 bits per heavy atom. The molecule has 1 atom stereocenters. The van der Waals surface area contributed by atoms with Crippen LogP contribution in [-0.4, -0.2) is 52.1 Å². The zero-order chi connectivity index (χ0) is 22.8. The number of hydrazone groups is 1. The molecule has 9 nitrogen and oxygen atoms in total. The van der Waals surface area contributed by atoms with Crippen molar-refractivity contribution in [3.63, 3.8) is 0 Å². The van der Waals surface area contributed by atoms with Crippen molar-refractivity contribution >= 4 is 28.6 Å². The van der Waals surface area contributed by atoms with Gasteiger partial charge in [-0.15, -0.1) is 16.4 Å². The quantitative estimate of drug-likeness (QED) is 0.416. The number of thiophene rings is 1. The summed E-state index contributed by atoms with van der Waals surface area (Å²) in [5.41, 5.74) is 2.39. The molecule has 0 bridgehead atoms. The van der Waals surface area contributed by atoms with Gasteiger partial charge in [-0.3, -0.25) is 9.20 Å². The van der Waals surface area contributed by atoms with E-state index in [1.165, 1.54) is 5.01 Å². The van der Waals surface area contributed by atoms with Gasteiger partial charge in [0.1, 0.15) is 0 Å². The maximum atomic E-state index is 13.2. The Balaban J connectivity index is 1.42. The summed E-state index contributed by atoms with van der Waals surface area (Å²) in [7, 11) is 3.18. The number of fused-ring (bicyclic) bond motifs is 1. The molecule has 0 saturated heterocycles. The van der Waals surface area contributed by atoms with Crippen LogP contribution in [0.1, 0.15) is 22.9 Å². The maximum absolute atomic E-state index is 13.2. The van der Waals surface area contributed by atoms with E-state index in [9.17, 15) is 4.79 Å². The minimum atomic E-state index is -0.298. The van der Waals surface area contributed by atoms with Crippen LogP contribution < -0.4 is 14.2 Å². The van der Waals surface area contributed by atoms with Gasteiger partial charge in [-0.05, 0) is 41.3 Å². The summed E-state index contributed by atoms with van der Waals surface area (Å²) < 4.78 is 18.2. The number of hydrogen-bond acceptors (Lipinski definition) is 8. The number of carbonyl (C=O) groups excluding carboxylic acids is 1. The maximum Gasteiger partial charge on any atom is 0.322 e. The lowest BCUT2D eigenvalue weighted by atomic mass is 10.0. The normalized spacial score (nSPS) is 15.5. The number of hydrogen-bond donors (Lipinski definition) is 0. The minimum Gasteiger partial charge on any atom is -0.493 e. The molecule has 0 saturated carbocycles. The van der Waals surface area contributed by atoms with Crippen LogP contribution in [0, 0.1) is 0 Å². The van der Waals surface area contributed by atoms with Gasteiger partial charge in [-0.1, -0.05) is 23.3 Å². The molecule has 4 heterocycles.